The van der Waals surface area contributed by atoms with E-state index in [9.17, 15) is 0 Å². The lowest BCUT2D eigenvalue weighted by Gasteiger charge is -2.45. The summed E-state index contributed by atoms with van der Waals surface area (Å²) in [6, 6.07) is 0. The summed E-state index contributed by atoms with van der Waals surface area (Å²) < 4.78 is 0. The summed E-state index contributed by atoms with van der Waals surface area (Å²) in [6.07, 6.45) is 71.7. The molecule has 0 saturated heterocycles. The van der Waals surface area contributed by atoms with Gasteiger partial charge in [0.05, 0.1) is 0 Å². The normalized spacial score (nSPS) is 25.7. The third kappa shape index (κ3) is 34.7. The van der Waals surface area contributed by atoms with Gasteiger partial charge in [-0.2, -0.15) is 0 Å². The first-order valence-electron chi connectivity index (χ1n) is 38.7. The Bertz CT molecular complexity index is 1470. The first-order chi connectivity index (χ1) is 38.7. The summed E-state index contributed by atoms with van der Waals surface area (Å²) in [5.74, 6) is 1.77. The van der Waals surface area contributed by atoms with Gasteiger partial charge in [-0.3, -0.25) is 0 Å². The van der Waals surface area contributed by atoms with Gasteiger partial charge in [0.15, 0.2) is 0 Å². The molecule has 0 unspecified atom stereocenters. The largest absolute Gasteiger partial charge is 0.0649 e. The zero-order valence-electron chi connectivity index (χ0n) is 62.8. The lowest BCUT2D eigenvalue weighted by molar-refractivity contribution is 0.0601. The highest BCUT2D eigenvalue weighted by Crippen LogP contribution is 2.51. The summed E-state index contributed by atoms with van der Waals surface area (Å²) >= 11 is 0. The molecule has 8 aliphatic carbocycles. The van der Waals surface area contributed by atoms with Crippen molar-refractivity contribution in [3.05, 3.63) is 0 Å². The Kier molecular flexibility index (Phi) is 39.7. The Balaban J connectivity index is 0.000000477. The SMILES string of the molecule is CC(C)(C)C1(C)CCCC1.CC(C)(C)C1(C)CCCCC1.CC(C)C1(C)CCCC1.CC(C)C1(C)CCCCC1.CC1(C)CCCCCCCCC1.CC1(C)CCCCCCCCCCC1.CCC1(C)CCCC1.CCC1(C)CCCCC1. The molecule has 0 heteroatoms. The van der Waals surface area contributed by atoms with Gasteiger partial charge in [-0.25, -0.2) is 0 Å². The van der Waals surface area contributed by atoms with E-state index in [0.717, 1.165) is 22.7 Å². The monoisotopic (exact) mass is 1160 g/mol. The van der Waals surface area contributed by atoms with E-state index in [1.165, 1.54) is 315 Å². The first-order valence-corrected chi connectivity index (χ1v) is 38.7. The molecule has 0 aromatic carbocycles. The third-order valence-corrected chi connectivity index (χ3v) is 26.3. The van der Waals surface area contributed by atoms with E-state index in [1.807, 2.05) is 0 Å². The van der Waals surface area contributed by atoms with Crippen molar-refractivity contribution in [1.29, 1.82) is 0 Å². The zero-order valence-corrected chi connectivity index (χ0v) is 62.8. The Morgan fingerprint density at radius 2 is 0.386 bits per heavy atom. The van der Waals surface area contributed by atoms with Crippen LogP contribution in [0.5, 0.6) is 0 Å². The fourth-order valence-electron chi connectivity index (χ4n) is 15.8. The number of hydrogen-bond donors (Lipinski definition) is 0. The van der Waals surface area contributed by atoms with Crippen LogP contribution in [-0.2, 0) is 0 Å². The molecule has 0 aromatic rings. The standard InChI is InChI=1S/C14H28.C12H24.C11H22.2C10H20.2C9H18.C8H16/c1-14(2)12-10-8-6-4-3-5-7-9-11-13-14;1-12(2)10-8-6-4-3-5-7-9-11-12;1-10(2,3)11(4)8-6-5-7-9-11;1-9(2,3)10(4)7-5-6-8-10;1-9(2)10(3)7-5-4-6-8-10;1-8(2)9(3)6-4-5-7-9;1-3-9(2)7-5-4-6-8-9;1-3-8(2)6-4-5-7-8/h3-13H2,1-2H3;3-11H2,1-2H3;5-9H2,1-4H3;5-8H2,1-4H3;9H,4-8H2,1-3H3;8H,4-7H2,1-3H3;3-8H2,1-2H3;3-7H2,1-2H3. The van der Waals surface area contributed by atoms with Crippen molar-refractivity contribution in [2.24, 2.45) is 66.0 Å². The smallest absolute Gasteiger partial charge is 0.0277 e. The van der Waals surface area contributed by atoms with Crippen LogP contribution in [0.1, 0.15) is 467 Å². The van der Waals surface area contributed by atoms with Gasteiger partial charge in [0.1, 0.15) is 0 Å². The van der Waals surface area contributed by atoms with Gasteiger partial charge in [0.2, 0.25) is 0 Å². The lowest BCUT2D eigenvalue weighted by Crippen LogP contribution is -2.34. The Labute approximate surface area is 530 Å². The molecule has 0 amide bonds. The third-order valence-electron chi connectivity index (χ3n) is 26.3. The maximum atomic E-state index is 2.46. The van der Waals surface area contributed by atoms with Gasteiger partial charge in [-0.05, 0) is 169 Å². The van der Waals surface area contributed by atoms with Gasteiger partial charge in [0, 0.05) is 0 Å². The average molecular weight is 1160 g/mol. The van der Waals surface area contributed by atoms with E-state index in [4.69, 9.17) is 0 Å². The maximum Gasteiger partial charge on any atom is -0.0277 e. The molecule has 0 spiro atoms. The summed E-state index contributed by atoms with van der Waals surface area (Å²) in [5.41, 5.74) is 6.36. The summed E-state index contributed by atoms with van der Waals surface area (Å²) in [4.78, 5) is 0. The predicted molar refractivity (Wildman–Crippen MR) is 382 cm³/mol. The van der Waals surface area contributed by atoms with Crippen molar-refractivity contribution in [3.63, 3.8) is 0 Å². The van der Waals surface area contributed by atoms with Crippen LogP contribution < -0.4 is 0 Å². The highest BCUT2D eigenvalue weighted by atomic mass is 14.5. The molecule has 8 fully saturated rings. The van der Waals surface area contributed by atoms with Crippen molar-refractivity contribution in [2.45, 2.75) is 467 Å². The van der Waals surface area contributed by atoms with Crippen molar-refractivity contribution < 1.29 is 0 Å². The second-order valence-corrected chi connectivity index (χ2v) is 36.9. The molecule has 8 aliphatic rings. The van der Waals surface area contributed by atoms with Crippen LogP contribution in [0.3, 0.4) is 0 Å². The Morgan fingerprint density at radius 3 is 0.566 bits per heavy atom. The molecule has 0 aliphatic heterocycles. The van der Waals surface area contributed by atoms with E-state index in [2.05, 4.69) is 152 Å². The van der Waals surface area contributed by atoms with Crippen LogP contribution >= 0.6 is 0 Å². The Hall–Kier alpha value is 0. The molecule has 498 valence electrons. The molecule has 0 radical (unpaired) electrons. The second kappa shape index (κ2) is 40.7. The van der Waals surface area contributed by atoms with Gasteiger partial charge < -0.3 is 0 Å². The maximum absolute atomic E-state index is 2.46. The van der Waals surface area contributed by atoms with Gasteiger partial charge in [0.25, 0.3) is 0 Å². The summed E-state index contributed by atoms with van der Waals surface area (Å²) in [5, 5.41) is 0. The molecule has 0 N–H and O–H groups in total. The fraction of sp³-hybridized carbons (Fsp3) is 1.00. The van der Waals surface area contributed by atoms with Gasteiger partial charge in [-0.15, -0.1) is 0 Å². The van der Waals surface area contributed by atoms with Gasteiger partial charge in [-0.1, -0.05) is 364 Å². The van der Waals surface area contributed by atoms with Crippen LogP contribution in [-0.4, -0.2) is 0 Å². The zero-order chi connectivity index (χ0) is 62.8. The molecular formula is C83H166. The van der Waals surface area contributed by atoms with Crippen molar-refractivity contribution >= 4 is 0 Å². The van der Waals surface area contributed by atoms with Crippen molar-refractivity contribution in [3.8, 4) is 0 Å². The van der Waals surface area contributed by atoms with Crippen LogP contribution in [0, 0.1) is 66.0 Å². The van der Waals surface area contributed by atoms with E-state index >= 15 is 0 Å². The highest BCUT2D eigenvalue weighted by molar-refractivity contribution is 4.91. The second-order valence-electron chi connectivity index (χ2n) is 36.9. The molecule has 0 nitrogen and oxygen atoms in total. The van der Waals surface area contributed by atoms with E-state index < -0.39 is 0 Å². The average Bonchev–Trinajstić information content (AvgIpc) is 4.21. The van der Waals surface area contributed by atoms with Crippen molar-refractivity contribution in [1.82, 2.24) is 0 Å². The molecule has 0 heterocycles. The van der Waals surface area contributed by atoms with Crippen molar-refractivity contribution in [2.75, 3.05) is 0 Å². The number of rotatable bonds is 4. The summed E-state index contributed by atoms with van der Waals surface area (Å²) in [6.45, 7) is 52.8. The molecule has 0 bridgehead atoms. The molecule has 8 saturated carbocycles. The predicted octanol–water partition coefficient (Wildman–Crippen LogP) is 30.6. The van der Waals surface area contributed by atoms with E-state index in [0.29, 0.717) is 43.3 Å². The van der Waals surface area contributed by atoms with Crippen LogP contribution in [0.15, 0.2) is 0 Å². The molecule has 83 heavy (non-hydrogen) atoms. The fourth-order valence-corrected chi connectivity index (χ4v) is 15.8. The quantitative estimate of drug-likeness (QED) is 0.263. The minimum absolute atomic E-state index is 0.507. The molecular weight excluding hydrogens is 997 g/mol. The Morgan fingerprint density at radius 1 is 0.229 bits per heavy atom. The minimum atomic E-state index is 0.507. The summed E-state index contributed by atoms with van der Waals surface area (Å²) in [7, 11) is 0. The molecule has 0 atom stereocenters. The van der Waals surface area contributed by atoms with Crippen LogP contribution in [0.4, 0.5) is 0 Å². The van der Waals surface area contributed by atoms with Crippen LogP contribution in [0.25, 0.3) is 0 Å². The highest BCUT2D eigenvalue weighted by Gasteiger charge is 2.40. The minimum Gasteiger partial charge on any atom is -0.0649 e. The first kappa shape index (κ1) is 81.0. The van der Waals surface area contributed by atoms with E-state index in [1.54, 1.807) is 0 Å². The number of hydrogen-bond acceptors (Lipinski definition) is 0. The van der Waals surface area contributed by atoms with E-state index in [-0.39, 0.29) is 0 Å². The molecule has 0 aromatic heterocycles. The van der Waals surface area contributed by atoms with Crippen LogP contribution in [0.2, 0.25) is 0 Å². The lowest BCUT2D eigenvalue weighted by atomic mass is 9.61. The van der Waals surface area contributed by atoms with Gasteiger partial charge >= 0.3 is 0 Å². The topological polar surface area (TPSA) is 0 Å². The molecule has 8 rings (SSSR count).